The quantitative estimate of drug-likeness (QED) is 0.244. The van der Waals surface area contributed by atoms with Crippen molar-refractivity contribution in [3.63, 3.8) is 0 Å². The second kappa shape index (κ2) is 10.5. The van der Waals surface area contributed by atoms with E-state index in [4.69, 9.17) is 15.9 Å². The van der Waals surface area contributed by atoms with E-state index in [1.807, 2.05) is 6.92 Å². The van der Waals surface area contributed by atoms with Crippen molar-refractivity contribution in [2.24, 2.45) is 5.73 Å². The molecule has 28 heavy (non-hydrogen) atoms. The number of hydrogen-bond acceptors (Lipinski definition) is 6. The number of ketones is 1. The zero-order valence-electron chi connectivity index (χ0n) is 15.4. The topological polar surface area (TPSA) is 111 Å². The first-order valence-corrected chi connectivity index (χ1v) is 10.1. The molecule has 0 aliphatic heterocycles. The number of halogens is 1. The zero-order valence-corrected chi connectivity index (χ0v) is 16.2. The molecule has 2 aromatic rings. The molecule has 0 spiro atoms. The monoisotopic (exact) mass is 403 g/mol. The third kappa shape index (κ3) is 6.11. The number of anilines is 1. The van der Waals surface area contributed by atoms with Crippen LogP contribution >= 0.6 is 0 Å². The number of carbonyl (C=O) groups is 1. The smallest absolute Gasteiger partial charge is 0.198 e. The number of nitrogens with two attached hydrogens (primary N) is 1. The third-order valence-electron chi connectivity index (χ3n) is 3.80. The van der Waals surface area contributed by atoms with E-state index in [0.29, 0.717) is 28.5 Å². The van der Waals surface area contributed by atoms with Crippen molar-refractivity contribution in [3.8, 4) is 5.75 Å². The highest BCUT2D eigenvalue weighted by Crippen LogP contribution is 2.18. The highest BCUT2D eigenvalue weighted by molar-refractivity contribution is 7.91. The maximum atomic E-state index is 13.0. The molecule has 0 aliphatic carbocycles. The largest absolute Gasteiger partial charge is 0.616 e. The van der Waals surface area contributed by atoms with Gasteiger partial charge in [-0.2, -0.15) is 0 Å². The third-order valence-corrected chi connectivity index (χ3v) is 5.07. The van der Waals surface area contributed by atoms with E-state index >= 15 is 0 Å². The fourth-order valence-corrected chi connectivity index (χ4v) is 2.86. The van der Waals surface area contributed by atoms with Gasteiger partial charge in [0.2, 0.25) is 0 Å². The van der Waals surface area contributed by atoms with E-state index in [2.05, 4.69) is 5.32 Å². The predicted molar refractivity (Wildman–Crippen MR) is 110 cm³/mol. The van der Waals surface area contributed by atoms with Gasteiger partial charge in [-0.1, -0.05) is 23.3 Å². The Kier molecular flexibility index (Phi) is 8.03. The second-order valence-electron chi connectivity index (χ2n) is 5.74. The van der Waals surface area contributed by atoms with Crippen molar-refractivity contribution in [1.82, 2.24) is 0 Å². The molecule has 0 saturated heterocycles. The van der Waals surface area contributed by atoms with Crippen LogP contribution in [0, 0.1) is 11.2 Å². The molecule has 1 atom stereocenters. The van der Waals surface area contributed by atoms with Crippen LogP contribution in [0.1, 0.15) is 17.3 Å². The van der Waals surface area contributed by atoms with Crippen LogP contribution in [0.4, 0.5) is 10.1 Å². The fraction of sp³-hybridized carbons (Fsp3) is 0.200. The molecule has 4 N–H and O–H groups in total. The highest BCUT2D eigenvalue weighted by atomic mass is 32.2. The molecule has 0 bridgehead atoms. The molecule has 8 heteroatoms. The van der Waals surface area contributed by atoms with E-state index in [9.17, 15) is 13.7 Å². The summed E-state index contributed by atoms with van der Waals surface area (Å²) < 4.78 is 30.0. The Morgan fingerprint density at radius 1 is 1.32 bits per heavy atom. The van der Waals surface area contributed by atoms with Gasteiger partial charge in [-0.25, -0.2) is 4.39 Å². The Balaban J connectivity index is 2.14. The maximum Gasteiger partial charge on any atom is 0.198 e. The minimum absolute atomic E-state index is 0.0173. The van der Waals surface area contributed by atoms with Crippen LogP contribution in [0.5, 0.6) is 5.75 Å². The van der Waals surface area contributed by atoms with Crippen molar-refractivity contribution in [3.05, 3.63) is 71.3 Å². The van der Waals surface area contributed by atoms with Gasteiger partial charge < -0.3 is 25.7 Å². The van der Waals surface area contributed by atoms with Crippen molar-refractivity contribution in [2.75, 3.05) is 23.4 Å². The first-order valence-electron chi connectivity index (χ1n) is 8.60. The fourth-order valence-electron chi connectivity index (χ4n) is 2.30. The Morgan fingerprint density at radius 2 is 2.04 bits per heavy atom. The molecule has 0 aromatic heterocycles. The number of benzene rings is 2. The Hall–Kier alpha value is -2.84. The predicted octanol–water partition coefficient (Wildman–Crippen LogP) is 3.09. The maximum absolute atomic E-state index is 13.0. The van der Waals surface area contributed by atoms with Crippen LogP contribution < -0.4 is 15.8 Å². The van der Waals surface area contributed by atoms with Crippen LogP contribution in [-0.2, 0) is 11.2 Å². The summed E-state index contributed by atoms with van der Waals surface area (Å²) in [4.78, 5) is 12.7. The minimum atomic E-state index is -0.928. The lowest BCUT2D eigenvalue weighted by Gasteiger charge is -2.12. The van der Waals surface area contributed by atoms with Gasteiger partial charge >= 0.3 is 0 Å². The van der Waals surface area contributed by atoms with Gasteiger partial charge in [-0.05, 0) is 43.3 Å². The number of carbonyl (C=O) groups excluding carboxylic acids is 1. The average molecular weight is 403 g/mol. The summed E-state index contributed by atoms with van der Waals surface area (Å²) in [6, 6.07) is 12.0. The van der Waals surface area contributed by atoms with Crippen LogP contribution in [0.3, 0.4) is 0 Å². The van der Waals surface area contributed by atoms with E-state index in [1.54, 1.807) is 24.3 Å². The Labute approximate surface area is 166 Å². The molecular weight excluding hydrogens is 381 g/mol. The second-order valence-corrected chi connectivity index (χ2v) is 7.61. The van der Waals surface area contributed by atoms with E-state index < -0.39 is 22.8 Å². The van der Waals surface area contributed by atoms with Crippen LogP contribution in [0.2, 0.25) is 0 Å². The van der Waals surface area contributed by atoms with Gasteiger partial charge in [-0.3, -0.25) is 4.79 Å². The van der Waals surface area contributed by atoms with Crippen LogP contribution in [-0.4, -0.2) is 34.7 Å². The molecule has 0 saturated carbocycles. The highest BCUT2D eigenvalue weighted by Gasteiger charge is 2.15. The van der Waals surface area contributed by atoms with Gasteiger partial charge in [0, 0.05) is 17.5 Å². The summed E-state index contributed by atoms with van der Waals surface area (Å²) in [5.74, 6) is 0.579. The molecule has 2 rings (SSSR count). The van der Waals surface area contributed by atoms with Crippen LogP contribution in [0.25, 0.3) is 0 Å². The van der Waals surface area contributed by atoms with Crippen molar-refractivity contribution >= 4 is 28.9 Å². The molecule has 0 fully saturated rings. The summed E-state index contributed by atoms with van der Waals surface area (Å²) in [5.41, 5.74) is 6.70. The standard InChI is InChI=1S/C20H22FN3O3S/c1-2-28(26)11-10-27-17-5-3-4-14(12-17)19(25)18(13-22)20(23)24-16-8-6-15(21)7-9-16/h3-9,12-13,22,24H,2,10-11,23H2,1H3/b20-18+,22-13?. The Bertz CT molecular complexity index is 856. The number of rotatable bonds is 10. The lowest BCUT2D eigenvalue weighted by Crippen LogP contribution is -2.19. The lowest BCUT2D eigenvalue weighted by atomic mass is 10.0. The van der Waals surface area contributed by atoms with Crippen molar-refractivity contribution in [1.29, 1.82) is 5.41 Å². The van der Waals surface area contributed by atoms with Gasteiger partial charge in [0.05, 0.1) is 5.57 Å². The van der Waals surface area contributed by atoms with Gasteiger partial charge in [0.15, 0.2) is 5.78 Å². The molecule has 0 aliphatic rings. The van der Waals surface area contributed by atoms with Gasteiger partial charge in [0.25, 0.3) is 0 Å². The van der Waals surface area contributed by atoms with Gasteiger partial charge in [0.1, 0.15) is 35.5 Å². The zero-order chi connectivity index (χ0) is 20.5. The number of ether oxygens (including phenoxy) is 1. The molecule has 6 nitrogen and oxygen atoms in total. The minimum Gasteiger partial charge on any atom is -0.616 e. The van der Waals surface area contributed by atoms with Crippen molar-refractivity contribution < 1.29 is 18.5 Å². The molecule has 1 unspecified atom stereocenters. The average Bonchev–Trinajstić information content (AvgIpc) is 2.70. The SMILES string of the molecule is CC[S+]([O-])CCOc1cccc(C(=O)/C(C=N)=C(\N)Nc2ccc(F)cc2)c1. The summed E-state index contributed by atoms with van der Waals surface area (Å²) in [5, 5.41) is 10.3. The molecule has 0 radical (unpaired) electrons. The Morgan fingerprint density at radius 3 is 2.68 bits per heavy atom. The molecular formula is C20H22FN3O3S. The van der Waals surface area contributed by atoms with E-state index in [0.717, 1.165) is 6.21 Å². The summed E-state index contributed by atoms with van der Waals surface area (Å²) in [7, 11) is 0. The van der Waals surface area contributed by atoms with Crippen molar-refractivity contribution in [2.45, 2.75) is 6.92 Å². The molecule has 0 amide bonds. The number of allylic oxidation sites excluding steroid dienone is 1. The molecule has 0 heterocycles. The summed E-state index contributed by atoms with van der Waals surface area (Å²) in [6.45, 7) is 2.12. The number of hydrogen-bond donors (Lipinski definition) is 3. The number of Topliss-reactive ketones (excluding diaryl/α,β-unsaturated/α-hetero) is 1. The first kappa shape index (κ1) is 21.5. The van der Waals surface area contributed by atoms with E-state index in [-0.39, 0.29) is 18.0 Å². The number of nitrogens with one attached hydrogen (secondary N) is 2. The van der Waals surface area contributed by atoms with E-state index in [1.165, 1.54) is 24.3 Å². The first-order chi connectivity index (χ1) is 13.4. The van der Waals surface area contributed by atoms with Crippen LogP contribution in [0.15, 0.2) is 59.9 Å². The lowest BCUT2D eigenvalue weighted by molar-refractivity contribution is 0.103. The normalized spacial score (nSPS) is 12.7. The summed E-state index contributed by atoms with van der Waals surface area (Å²) >= 11 is -0.928. The molecule has 148 valence electrons. The summed E-state index contributed by atoms with van der Waals surface area (Å²) in [6.07, 6.45) is 0.867. The van der Waals surface area contributed by atoms with Gasteiger partial charge in [-0.15, -0.1) is 0 Å². The molecule has 2 aromatic carbocycles.